The monoisotopic (exact) mass is 420 g/mol. The fourth-order valence-electron chi connectivity index (χ4n) is 5.05. The third-order valence-corrected chi connectivity index (χ3v) is 6.94. The summed E-state index contributed by atoms with van der Waals surface area (Å²) < 4.78 is 0. The minimum atomic E-state index is 0.751. The van der Waals surface area contributed by atoms with Crippen molar-refractivity contribution in [2.75, 3.05) is 31.1 Å². The summed E-state index contributed by atoms with van der Waals surface area (Å²) >= 11 is 6.10. The predicted octanol–water partition coefficient (Wildman–Crippen LogP) is 5.77. The highest BCUT2D eigenvalue weighted by atomic mass is 35.5. The molecule has 3 aromatic rings. The molecule has 156 valence electrons. The molecule has 0 atom stereocenters. The Kier molecular flexibility index (Phi) is 5.53. The van der Waals surface area contributed by atoms with E-state index in [-0.39, 0.29) is 0 Å². The van der Waals surface area contributed by atoms with Crippen molar-refractivity contribution in [3.63, 3.8) is 0 Å². The van der Waals surface area contributed by atoms with E-state index in [0.29, 0.717) is 0 Å². The molecule has 2 aromatic carbocycles. The number of nitrogens with one attached hydrogen (secondary N) is 1. The number of likely N-dealkylation sites (tertiary alicyclic amines) is 1. The quantitative estimate of drug-likeness (QED) is 0.581. The Labute approximate surface area is 183 Å². The van der Waals surface area contributed by atoms with Crippen LogP contribution in [0.2, 0.25) is 5.02 Å². The number of halogens is 1. The number of H-pyrrole nitrogens is 1. The molecule has 5 rings (SSSR count). The fourth-order valence-corrected chi connectivity index (χ4v) is 5.18. The lowest BCUT2D eigenvalue weighted by Gasteiger charge is -2.38. The lowest BCUT2D eigenvalue weighted by Crippen LogP contribution is -2.43. The second-order valence-corrected chi connectivity index (χ2v) is 9.03. The van der Waals surface area contributed by atoms with Gasteiger partial charge in [0.2, 0.25) is 0 Å². The highest BCUT2D eigenvalue weighted by Crippen LogP contribution is 2.35. The van der Waals surface area contributed by atoms with E-state index in [0.717, 1.165) is 52.2 Å². The van der Waals surface area contributed by atoms with Crippen molar-refractivity contribution in [1.82, 2.24) is 15.1 Å². The van der Waals surface area contributed by atoms with Crippen LogP contribution in [-0.4, -0.2) is 47.3 Å². The third kappa shape index (κ3) is 3.86. The molecule has 0 unspecified atom stereocenters. The predicted molar refractivity (Wildman–Crippen MR) is 125 cm³/mol. The van der Waals surface area contributed by atoms with Gasteiger partial charge in [0, 0.05) is 46.7 Å². The number of hydrogen-bond acceptors (Lipinski definition) is 3. The van der Waals surface area contributed by atoms with Crippen molar-refractivity contribution in [2.45, 2.75) is 38.6 Å². The molecule has 0 bridgehead atoms. The first kappa shape index (κ1) is 19.7. The van der Waals surface area contributed by atoms with Gasteiger partial charge in [-0.3, -0.25) is 5.10 Å². The minimum absolute atomic E-state index is 0.751. The van der Waals surface area contributed by atoms with Crippen molar-refractivity contribution in [3.05, 3.63) is 59.2 Å². The van der Waals surface area contributed by atoms with Crippen LogP contribution in [-0.2, 0) is 0 Å². The number of hydrogen-bond donors (Lipinski definition) is 1. The van der Waals surface area contributed by atoms with E-state index in [1.807, 2.05) is 12.1 Å². The minimum Gasteiger partial charge on any atom is -0.371 e. The number of piperidine rings is 1. The maximum atomic E-state index is 6.10. The average Bonchev–Trinajstić information content (AvgIpc) is 3.45. The van der Waals surface area contributed by atoms with Gasteiger partial charge in [-0.05, 0) is 75.5 Å². The normalized spacial score (nSPS) is 18.3. The van der Waals surface area contributed by atoms with E-state index in [4.69, 9.17) is 11.6 Å². The summed E-state index contributed by atoms with van der Waals surface area (Å²) in [5, 5.41) is 8.59. The van der Waals surface area contributed by atoms with Gasteiger partial charge in [0.1, 0.15) is 5.69 Å². The number of aryl methyl sites for hydroxylation is 1. The summed E-state index contributed by atoms with van der Waals surface area (Å²) in [5.41, 5.74) is 6.82. The summed E-state index contributed by atoms with van der Waals surface area (Å²) in [7, 11) is 0. The molecule has 2 aliphatic heterocycles. The largest absolute Gasteiger partial charge is 0.371 e. The van der Waals surface area contributed by atoms with E-state index in [1.54, 1.807) is 0 Å². The van der Waals surface area contributed by atoms with Crippen molar-refractivity contribution >= 4 is 17.3 Å². The van der Waals surface area contributed by atoms with Crippen LogP contribution >= 0.6 is 11.6 Å². The molecule has 0 radical (unpaired) electrons. The Balaban J connectivity index is 1.38. The number of aromatic nitrogens is 2. The van der Waals surface area contributed by atoms with Gasteiger partial charge in [0.25, 0.3) is 0 Å². The van der Waals surface area contributed by atoms with Gasteiger partial charge in [-0.2, -0.15) is 5.10 Å². The Bertz CT molecular complexity index is 996. The molecule has 0 aliphatic carbocycles. The van der Waals surface area contributed by atoms with Gasteiger partial charge in [-0.15, -0.1) is 0 Å². The van der Waals surface area contributed by atoms with E-state index in [2.05, 4.69) is 63.3 Å². The Morgan fingerprint density at radius 1 is 0.933 bits per heavy atom. The van der Waals surface area contributed by atoms with Crippen LogP contribution in [0.4, 0.5) is 5.69 Å². The maximum absolute atomic E-state index is 6.10. The molecule has 3 heterocycles. The molecule has 1 N–H and O–H groups in total. The van der Waals surface area contributed by atoms with E-state index in [1.165, 1.54) is 44.5 Å². The molecular weight excluding hydrogens is 392 g/mol. The van der Waals surface area contributed by atoms with Gasteiger partial charge in [0.05, 0.1) is 0 Å². The van der Waals surface area contributed by atoms with Crippen LogP contribution < -0.4 is 4.90 Å². The number of rotatable bonds is 4. The average molecular weight is 421 g/mol. The van der Waals surface area contributed by atoms with E-state index in [9.17, 15) is 0 Å². The smallest absolute Gasteiger partial charge is 0.100 e. The summed E-state index contributed by atoms with van der Waals surface area (Å²) in [6.45, 7) is 6.94. The van der Waals surface area contributed by atoms with E-state index < -0.39 is 0 Å². The molecule has 5 heteroatoms. The van der Waals surface area contributed by atoms with Gasteiger partial charge < -0.3 is 9.80 Å². The topological polar surface area (TPSA) is 35.2 Å². The molecule has 2 saturated heterocycles. The molecule has 0 amide bonds. The van der Waals surface area contributed by atoms with Crippen molar-refractivity contribution in [2.24, 2.45) is 0 Å². The fraction of sp³-hybridized carbons (Fsp3) is 0.400. The van der Waals surface area contributed by atoms with Crippen LogP contribution in [0.1, 0.15) is 31.4 Å². The summed E-state index contributed by atoms with van der Waals surface area (Å²) in [6.07, 6.45) is 5.28. The number of nitrogens with zero attached hydrogens (tertiary/aromatic N) is 3. The van der Waals surface area contributed by atoms with Crippen LogP contribution in [0.15, 0.2) is 48.5 Å². The van der Waals surface area contributed by atoms with Crippen LogP contribution in [0.25, 0.3) is 22.4 Å². The number of benzene rings is 2. The molecule has 0 saturated carbocycles. The summed E-state index contributed by atoms with van der Waals surface area (Å²) in [6, 6.07) is 17.6. The highest BCUT2D eigenvalue weighted by molar-refractivity contribution is 6.30. The van der Waals surface area contributed by atoms with E-state index >= 15 is 0 Å². The zero-order chi connectivity index (χ0) is 20.5. The zero-order valence-corrected chi connectivity index (χ0v) is 18.3. The van der Waals surface area contributed by atoms with Gasteiger partial charge in [-0.25, -0.2) is 0 Å². The van der Waals surface area contributed by atoms with Crippen LogP contribution in [0.5, 0.6) is 0 Å². The second-order valence-electron chi connectivity index (χ2n) is 8.59. The van der Waals surface area contributed by atoms with Gasteiger partial charge >= 0.3 is 0 Å². The third-order valence-electron chi connectivity index (χ3n) is 6.69. The maximum Gasteiger partial charge on any atom is 0.100 e. The molecule has 0 spiro atoms. The van der Waals surface area contributed by atoms with Crippen LogP contribution in [0.3, 0.4) is 0 Å². The summed E-state index contributed by atoms with van der Waals surface area (Å²) in [5.74, 6) is 0. The molecule has 2 fully saturated rings. The van der Waals surface area contributed by atoms with Crippen molar-refractivity contribution in [3.8, 4) is 22.4 Å². The Morgan fingerprint density at radius 3 is 2.40 bits per heavy atom. The standard InChI is InChI=1S/C25H29ClN4/c1-18-24(19-7-9-21(26)10-8-19)25(28-27-18)20-5-4-6-23(17-20)30-15-11-22(12-16-30)29-13-2-3-14-29/h4-10,17,22H,2-3,11-16H2,1H3,(H,27,28). The molecule has 30 heavy (non-hydrogen) atoms. The van der Waals surface area contributed by atoms with Crippen LogP contribution in [0, 0.1) is 6.92 Å². The first-order valence-corrected chi connectivity index (χ1v) is 11.5. The SMILES string of the molecule is Cc1[nH]nc(-c2cccc(N3CCC(N4CCCC4)CC3)c2)c1-c1ccc(Cl)cc1. The molecule has 4 nitrogen and oxygen atoms in total. The number of anilines is 1. The van der Waals surface area contributed by atoms with Crippen molar-refractivity contribution in [1.29, 1.82) is 0 Å². The lowest BCUT2D eigenvalue weighted by molar-refractivity contribution is 0.208. The Hall–Kier alpha value is -2.30. The van der Waals surface area contributed by atoms with Gasteiger partial charge in [-0.1, -0.05) is 35.9 Å². The summed E-state index contributed by atoms with van der Waals surface area (Å²) in [4.78, 5) is 5.25. The first-order chi connectivity index (χ1) is 14.7. The molecular formula is C25H29ClN4. The zero-order valence-electron chi connectivity index (χ0n) is 17.6. The highest BCUT2D eigenvalue weighted by Gasteiger charge is 2.26. The van der Waals surface area contributed by atoms with Crippen molar-refractivity contribution < 1.29 is 0 Å². The first-order valence-electron chi connectivity index (χ1n) is 11.1. The number of aromatic amines is 1. The Morgan fingerprint density at radius 2 is 1.67 bits per heavy atom. The van der Waals surface area contributed by atoms with Gasteiger partial charge in [0.15, 0.2) is 0 Å². The molecule has 2 aliphatic rings. The lowest BCUT2D eigenvalue weighted by atomic mass is 9.98. The molecule has 1 aromatic heterocycles. The second kappa shape index (κ2) is 8.44.